The Kier molecular flexibility index (Phi) is 4.33. The van der Waals surface area contributed by atoms with Crippen molar-refractivity contribution in [2.45, 2.75) is 26.8 Å². The molecule has 0 amide bonds. The average Bonchev–Trinajstić information content (AvgIpc) is 2.69. The maximum absolute atomic E-state index is 6.08. The highest BCUT2D eigenvalue weighted by Crippen LogP contribution is 2.27. The number of aryl methyl sites for hydroxylation is 1. The van der Waals surface area contributed by atoms with Crippen LogP contribution >= 0.6 is 23.2 Å². The van der Waals surface area contributed by atoms with Gasteiger partial charge in [-0.1, -0.05) is 23.2 Å². The number of aliphatic imine (C=N–C) groups is 1. The molecule has 0 unspecified atom stereocenters. The smallest absolute Gasteiger partial charge is 0.0817 e. The van der Waals surface area contributed by atoms with Crippen LogP contribution in [0.5, 0.6) is 0 Å². The van der Waals surface area contributed by atoms with Crippen molar-refractivity contribution in [1.82, 2.24) is 4.57 Å². The molecule has 0 aliphatic heterocycles. The Morgan fingerprint density at radius 1 is 1.21 bits per heavy atom. The Hall–Kier alpha value is -1.25. The molecule has 0 saturated heterocycles. The van der Waals surface area contributed by atoms with Crippen LogP contribution in [-0.4, -0.2) is 10.8 Å². The summed E-state index contributed by atoms with van der Waals surface area (Å²) in [6, 6.07) is 7.84. The van der Waals surface area contributed by atoms with Crippen molar-refractivity contribution in [3.05, 3.63) is 51.8 Å². The van der Waals surface area contributed by atoms with Crippen LogP contribution in [0.3, 0.4) is 0 Å². The molecule has 1 aromatic carbocycles. The lowest BCUT2D eigenvalue weighted by Crippen LogP contribution is -2.00. The first-order valence-corrected chi connectivity index (χ1v) is 6.90. The quantitative estimate of drug-likeness (QED) is 0.671. The van der Waals surface area contributed by atoms with E-state index in [0.717, 1.165) is 11.3 Å². The molecule has 0 saturated carbocycles. The maximum Gasteiger partial charge on any atom is 0.0817 e. The van der Waals surface area contributed by atoms with Gasteiger partial charge < -0.3 is 4.57 Å². The van der Waals surface area contributed by atoms with Crippen molar-refractivity contribution in [3.8, 4) is 0 Å². The molecule has 1 aromatic heterocycles. The molecule has 2 nitrogen and oxygen atoms in total. The van der Waals surface area contributed by atoms with Crippen LogP contribution in [0.4, 0.5) is 5.69 Å². The van der Waals surface area contributed by atoms with Crippen LogP contribution in [0, 0.1) is 6.92 Å². The molecule has 4 heteroatoms. The molecular weight excluding hydrogens is 279 g/mol. The molecule has 0 spiro atoms. The number of halogens is 2. The number of hydrogen-bond donors (Lipinski definition) is 0. The monoisotopic (exact) mass is 294 g/mol. The first-order valence-electron chi connectivity index (χ1n) is 6.15. The van der Waals surface area contributed by atoms with E-state index in [2.05, 4.69) is 42.6 Å². The van der Waals surface area contributed by atoms with Crippen LogP contribution in [-0.2, 0) is 0 Å². The minimum Gasteiger partial charge on any atom is -0.349 e. The van der Waals surface area contributed by atoms with E-state index in [-0.39, 0.29) is 0 Å². The summed E-state index contributed by atoms with van der Waals surface area (Å²) in [4.78, 5) is 4.40. The lowest BCUT2D eigenvalue weighted by atomic mass is 10.3. The van der Waals surface area contributed by atoms with Crippen molar-refractivity contribution in [1.29, 1.82) is 0 Å². The number of nitrogens with zero attached hydrogens (tertiary/aromatic N) is 2. The molecule has 2 aromatic rings. The Balaban J connectivity index is 2.25. The highest BCUT2D eigenvalue weighted by molar-refractivity contribution is 6.36. The molecule has 0 radical (unpaired) electrons. The zero-order valence-electron chi connectivity index (χ0n) is 11.2. The predicted molar refractivity (Wildman–Crippen MR) is 83.3 cm³/mol. The fourth-order valence-electron chi connectivity index (χ4n) is 1.97. The minimum atomic E-state index is 0.446. The molecule has 19 heavy (non-hydrogen) atoms. The highest BCUT2D eigenvalue weighted by Gasteiger charge is 2.04. The molecule has 0 bridgehead atoms. The molecule has 2 rings (SSSR count). The predicted octanol–water partition coefficient (Wildman–Crippen LogP) is 5.43. The summed E-state index contributed by atoms with van der Waals surface area (Å²) in [6.07, 6.45) is 3.91. The summed E-state index contributed by atoms with van der Waals surface area (Å²) in [7, 11) is 0. The van der Waals surface area contributed by atoms with Gasteiger partial charge in [0.15, 0.2) is 0 Å². The van der Waals surface area contributed by atoms with Crippen molar-refractivity contribution < 1.29 is 0 Å². The van der Waals surface area contributed by atoms with Gasteiger partial charge in [-0.3, -0.25) is 4.99 Å². The van der Waals surface area contributed by atoms with E-state index in [1.54, 1.807) is 12.1 Å². The SMILES string of the molecule is Cc1cc(C=Nc2ccc(Cl)cc2Cl)cn1C(C)C. The van der Waals surface area contributed by atoms with Crippen LogP contribution in [0.1, 0.15) is 31.1 Å². The number of rotatable bonds is 3. The van der Waals surface area contributed by atoms with E-state index in [1.807, 2.05) is 12.3 Å². The van der Waals surface area contributed by atoms with E-state index >= 15 is 0 Å². The lowest BCUT2D eigenvalue weighted by Gasteiger charge is -2.08. The summed E-state index contributed by atoms with van der Waals surface area (Å²) < 4.78 is 2.21. The van der Waals surface area contributed by atoms with Crippen LogP contribution in [0.15, 0.2) is 35.5 Å². The van der Waals surface area contributed by atoms with Crippen molar-refractivity contribution in [3.63, 3.8) is 0 Å². The fourth-order valence-corrected chi connectivity index (χ4v) is 2.43. The Bertz CT molecular complexity index is 613. The first-order chi connectivity index (χ1) is 8.97. The third-order valence-corrected chi connectivity index (χ3v) is 3.43. The van der Waals surface area contributed by atoms with Crippen molar-refractivity contribution in [2.75, 3.05) is 0 Å². The largest absolute Gasteiger partial charge is 0.349 e. The zero-order chi connectivity index (χ0) is 14.0. The van der Waals surface area contributed by atoms with Gasteiger partial charge in [0.2, 0.25) is 0 Å². The third kappa shape index (κ3) is 3.40. The average molecular weight is 295 g/mol. The second-order valence-corrected chi connectivity index (χ2v) is 5.61. The normalized spacial score (nSPS) is 11.7. The molecular formula is C15H16Cl2N2. The third-order valence-electron chi connectivity index (χ3n) is 2.89. The first kappa shape index (κ1) is 14.2. The Morgan fingerprint density at radius 3 is 2.53 bits per heavy atom. The number of hydrogen-bond acceptors (Lipinski definition) is 1. The van der Waals surface area contributed by atoms with Crippen molar-refractivity contribution in [2.24, 2.45) is 4.99 Å². The van der Waals surface area contributed by atoms with Gasteiger partial charge in [0.1, 0.15) is 0 Å². The van der Waals surface area contributed by atoms with E-state index in [4.69, 9.17) is 23.2 Å². The molecule has 0 fully saturated rings. The standard InChI is InChI=1S/C15H16Cl2N2/c1-10(2)19-9-12(6-11(19)3)8-18-15-5-4-13(16)7-14(15)17/h4-10H,1-3H3. The molecule has 100 valence electrons. The molecule has 0 N–H and O–H groups in total. The second-order valence-electron chi connectivity index (χ2n) is 4.77. The Labute approximate surface area is 123 Å². The zero-order valence-corrected chi connectivity index (χ0v) is 12.7. The van der Waals surface area contributed by atoms with E-state index in [9.17, 15) is 0 Å². The van der Waals surface area contributed by atoms with Crippen LogP contribution < -0.4 is 0 Å². The fraction of sp³-hybridized carbons (Fsp3) is 0.267. The summed E-state index contributed by atoms with van der Waals surface area (Å²) in [5.74, 6) is 0. The van der Waals surface area contributed by atoms with Gasteiger partial charge in [0, 0.05) is 34.7 Å². The second kappa shape index (κ2) is 5.81. The maximum atomic E-state index is 6.08. The molecule has 0 aliphatic carbocycles. The lowest BCUT2D eigenvalue weighted by molar-refractivity contribution is 0.589. The molecule has 0 aliphatic rings. The van der Waals surface area contributed by atoms with Gasteiger partial charge >= 0.3 is 0 Å². The van der Waals surface area contributed by atoms with E-state index < -0.39 is 0 Å². The van der Waals surface area contributed by atoms with Gasteiger partial charge in [-0.05, 0) is 45.0 Å². The van der Waals surface area contributed by atoms with Gasteiger partial charge in [-0.25, -0.2) is 0 Å². The van der Waals surface area contributed by atoms with E-state index in [1.165, 1.54) is 5.69 Å². The highest BCUT2D eigenvalue weighted by atomic mass is 35.5. The van der Waals surface area contributed by atoms with E-state index in [0.29, 0.717) is 16.1 Å². The summed E-state index contributed by atoms with van der Waals surface area (Å²) in [5, 5.41) is 1.18. The molecule has 0 atom stereocenters. The summed E-state index contributed by atoms with van der Waals surface area (Å²) in [6.45, 7) is 6.40. The topological polar surface area (TPSA) is 17.3 Å². The number of benzene rings is 1. The van der Waals surface area contributed by atoms with Gasteiger partial charge in [0.05, 0.1) is 10.7 Å². The summed E-state index contributed by atoms with van der Waals surface area (Å²) >= 11 is 11.9. The van der Waals surface area contributed by atoms with Gasteiger partial charge in [0.25, 0.3) is 0 Å². The number of aromatic nitrogens is 1. The van der Waals surface area contributed by atoms with Crippen molar-refractivity contribution >= 4 is 35.1 Å². The molecule has 1 heterocycles. The van der Waals surface area contributed by atoms with Crippen LogP contribution in [0.25, 0.3) is 0 Å². The van der Waals surface area contributed by atoms with Gasteiger partial charge in [-0.2, -0.15) is 0 Å². The van der Waals surface area contributed by atoms with Crippen LogP contribution in [0.2, 0.25) is 10.0 Å². The Morgan fingerprint density at radius 2 is 1.95 bits per heavy atom. The summed E-state index contributed by atoms with van der Waals surface area (Å²) in [5.41, 5.74) is 3.01. The van der Waals surface area contributed by atoms with Gasteiger partial charge in [-0.15, -0.1) is 0 Å². The minimum absolute atomic E-state index is 0.446.